The van der Waals surface area contributed by atoms with E-state index in [1.54, 1.807) is 0 Å². The van der Waals surface area contributed by atoms with Crippen molar-refractivity contribution in [1.82, 2.24) is 49.0 Å². The zero-order valence-corrected chi connectivity index (χ0v) is 68.3. The summed E-state index contributed by atoms with van der Waals surface area (Å²) in [5.74, 6) is 3.54. The van der Waals surface area contributed by atoms with Crippen LogP contribution in [0.5, 0.6) is 0 Å². The average molecular weight is 1620 g/mol. The Bertz CT molecular complexity index is 8090. The number of para-hydroxylation sites is 4. The van der Waals surface area contributed by atoms with E-state index in [4.69, 9.17) is 39.9 Å². The lowest BCUT2D eigenvalue weighted by Crippen LogP contribution is -2.02. The Morgan fingerprint density at radius 2 is 0.516 bits per heavy atom. The summed E-state index contributed by atoms with van der Waals surface area (Å²) in [7, 11) is 0. The molecule has 0 saturated heterocycles. The summed E-state index contributed by atoms with van der Waals surface area (Å²) in [5, 5.41) is 9.77. The molecule has 580 valence electrons. The van der Waals surface area contributed by atoms with Crippen LogP contribution in [0, 0.1) is 0 Å². The Morgan fingerprint density at radius 3 is 0.976 bits per heavy atom. The van der Waals surface area contributed by atoms with Crippen LogP contribution in [0.25, 0.3) is 231 Å². The minimum atomic E-state index is 0.559. The molecule has 24 aromatic rings. The van der Waals surface area contributed by atoms with E-state index in [1.807, 2.05) is 169 Å². The van der Waals surface area contributed by atoms with Crippen LogP contribution in [-0.2, 0) is 0 Å². The predicted octanol–water partition coefficient (Wildman–Crippen LogP) is 29.5. The van der Waals surface area contributed by atoms with Crippen molar-refractivity contribution < 1.29 is 0 Å². The number of rotatable bonds is 14. The Labute approximate surface area is 722 Å². The number of hydrogen-bond acceptors (Lipinski definition) is 10. The molecule has 0 unspecified atom stereocenters. The SMILES string of the molecule is c1ccc(-c2cccc(-c3cnc(-c4ccc5sc6ccc7c(c8ccccc8n7-c7ccccc7)c6c5c4)c(-c4nc(-c5ccccc5)nc(-c5ccccc5)n4)c3)c2)cc1.c1ccc(-c2cccc(-c3cnc(-c4cccc5sc6ccc7c(c8ccccc8n7-c7ccccc7)c6c45)c(-c4nc(-c5ccccc5)nc(-c5ccccc5)n4)c3)c2)cc1. The second kappa shape index (κ2) is 31.2. The van der Waals surface area contributed by atoms with Gasteiger partial charge in [0, 0.05) is 141 Å². The molecule has 0 atom stereocenters. The summed E-state index contributed by atoms with van der Waals surface area (Å²) in [6, 6.07) is 145. The molecule has 8 heterocycles. The van der Waals surface area contributed by atoms with Gasteiger partial charge in [-0.3, -0.25) is 9.97 Å². The fourth-order valence-electron chi connectivity index (χ4n) is 17.7. The standard InChI is InChI=1S/2C56H35N5S/c1-5-17-36(18-6-1)39-23-15-24-40(33-39)41-34-45(56-59-54(37-19-7-2-8-20-37)58-55(60-56)38-21-9-3-10-22-38)53(57-35-41)44-28-16-30-48-51(44)52-49(62-48)32-31-47-50(52)43-27-13-14-29-46(43)61(47)42-25-11-4-12-26-42;1-5-16-36(17-6-1)39-22-15-23-40(32-39)42-34-46(56-59-54(37-18-7-2-8-19-37)58-55(60-56)38-20-9-3-10-21-38)53(57-35-42)41-28-30-49-45(33-41)52-50(62-49)31-29-48-51(52)44-26-13-14-27-47(44)61(48)43-24-11-4-12-25-43/h2*1-35H. The van der Waals surface area contributed by atoms with Crippen molar-refractivity contribution >= 4 is 107 Å². The first-order chi connectivity index (χ1) is 61.5. The van der Waals surface area contributed by atoms with Crippen molar-refractivity contribution in [3.8, 4) is 147 Å². The fraction of sp³-hybridized carbons (Fsp3) is 0. The zero-order chi connectivity index (χ0) is 82.0. The van der Waals surface area contributed by atoms with Crippen LogP contribution >= 0.6 is 22.7 Å². The van der Waals surface area contributed by atoms with E-state index in [2.05, 4.69) is 288 Å². The van der Waals surface area contributed by atoms with Gasteiger partial charge in [-0.25, -0.2) is 29.9 Å². The quantitative estimate of drug-likeness (QED) is 0.106. The first-order valence-electron chi connectivity index (χ1n) is 41.4. The van der Waals surface area contributed by atoms with E-state index < -0.39 is 0 Å². The van der Waals surface area contributed by atoms with Crippen LogP contribution in [0.3, 0.4) is 0 Å². The number of hydrogen-bond donors (Lipinski definition) is 0. The normalized spacial score (nSPS) is 11.5. The van der Waals surface area contributed by atoms with Crippen LogP contribution in [0.2, 0.25) is 0 Å². The highest BCUT2D eigenvalue weighted by Gasteiger charge is 2.27. The molecule has 24 rings (SSSR count). The van der Waals surface area contributed by atoms with Crippen molar-refractivity contribution in [1.29, 1.82) is 0 Å². The summed E-state index contributed by atoms with van der Waals surface area (Å²) in [5.41, 5.74) is 24.6. The maximum absolute atomic E-state index is 5.44. The van der Waals surface area contributed by atoms with Crippen LogP contribution in [0.4, 0.5) is 0 Å². The summed E-state index contributed by atoms with van der Waals surface area (Å²) in [6.45, 7) is 0. The highest BCUT2D eigenvalue weighted by atomic mass is 32.1. The molecule has 0 amide bonds. The average Bonchev–Trinajstić information content (AvgIpc) is 1.54. The highest BCUT2D eigenvalue weighted by molar-refractivity contribution is 7.26. The third-order valence-corrected chi connectivity index (χ3v) is 25.6. The lowest BCUT2D eigenvalue weighted by molar-refractivity contribution is 1.07. The molecule has 0 radical (unpaired) electrons. The second-order valence-electron chi connectivity index (χ2n) is 30.8. The van der Waals surface area contributed by atoms with Crippen molar-refractivity contribution in [3.63, 3.8) is 0 Å². The summed E-state index contributed by atoms with van der Waals surface area (Å²) < 4.78 is 9.67. The van der Waals surface area contributed by atoms with Gasteiger partial charge in [0.05, 0.1) is 33.5 Å². The maximum atomic E-state index is 5.44. The Kier molecular flexibility index (Phi) is 18.4. The highest BCUT2D eigenvalue weighted by Crippen LogP contribution is 2.50. The van der Waals surface area contributed by atoms with Gasteiger partial charge in [0.15, 0.2) is 34.9 Å². The molecule has 0 N–H and O–H groups in total. The molecule has 124 heavy (non-hydrogen) atoms. The Hall–Kier alpha value is -16.1. The van der Waals surface area contributed by atoms with Crippen LogP contribution in [0.1, 0.15) is 0 Å². The first-order valence-corrected chi connectivity index (χ1v) is 43.1. The first kappa shape index (κ1) is 73.1. The Morgan fingerprint density at radius 1 is 0.177 bits per heavy atom. The maximum Gasteiger partial charge on any atom is 0.166 e. The van der Waals surface area contributed by atoms with Gasteiger partial charge in [-0.05, 0) is 137 Å². The third-order valence-electron chi connectivity index (χ3n) is 23.4. The number of fused-ring (bicyclic) bond motifs is 14. The number of pyridine rings is 2. The van der Waals surface area contributed by atoms with Crippen molar-refractivity contribution in [2.75, 3.05) is 0 Å². The van der Waals surface area contributed by atoms with Crippen LogP contribution < -0.4 is 0 Å². The van der Waals surface area contributed by atoms with Gasteiger partial charge in [-0.1, -0.05) is 309 Å². The van der Waals surface area contributed by atoms with Gasteiger partial charge >= 0.3 is 0 Å². The van der Waals surface area contributed by atoms with Crippen LogP contribution in [-0.4, -0.2) is 49.0 Å². The molecule has 0 bridgehead atoms. The van der Waals surface area contributed by atoms with E-state index in [9.17, 15) is 0 Å². The molecular formula is C112H70N10S2. The third kappa shape index (κ3) is 13.2. The van der Waals surface area contributed by atoms with E-state index in [1.165, 1.54) is 84.0 Å². The summed E-state index contributed by atoms with van der Waals surface area (Å²) in [6.07, 6.45) is 3.99. The predicted molar refractivity (Wildman–Crippen MR) is 515 cm³/mol. The lowest BCUT2D eigenvalue weighted by Gasteiger charge is -2.15. The zero-order valence-electron chi connectivity index (χ0n) is 66.7. The van der Waals surface area contributed by atoms with E-state index in [-0.39, 0.29) is 0 Å². The number of benzene rings is 16. The van der Waals surface area contributed by atoms with E-state index >= 15 is 0 Å². The fourth-order valence-corrected chi connectivity index (χ4v) is 19.9. The monoisotopic (exact) mass is 1620 g/mol. The molecule has 0 aliphatic heterocycles. The van der Waals surface area contributed by atoms with Gasteiger partial charge in [-0.2, -0.15) is 0 Å². The molecule has 16 aromatic carbocycles. The van der Waals surface area contributed by atoms with Crippen LogP contribution in [0.15, 0.2) is 425 Å². The van der Waals surface area contributed by atoms with Crippen molar-refractivity contribution in [2.45, 2.75) is 0 Å². The Balaban J connectivity index is 0.000000143. The van der Waals surface area contributed by atoms with Gasteiger partial charge in [-0.15, -0.1) is 22.7 Å². The summed E-state index contributed by atoms with van der Waals surface area (Å²) >= 11 is 3.65. The molecule has 0 aliphatic carbocycles. The molecule has 0 saturated carbocycles. The number of nitrogens with zero attached hydrogens (tertiary/aromatic N) is 10. The van der Waals surface area contributed by atoms with Gasteiger partial charge in [0.2, 0.25) is 0 Å². The smallest absolute Gasteiger partial charge is 0.166 e. The summed E-state index contributed by atoms with van der Waals surface area (Å²) in [4.78, 5) is 41.9. The lowest BCUT2D eigenvalue weighted by atomic mass is 9.95. The number of aromatic nitrogens is 10. The van der Waals surface area contributed by atoms with E-state index in [0.29, 0.717) is 34.9 Å². The number of thiophene rings is 2. The molecule has 8 aromatic heterocycles. The molecule has 0 fully saturated rings. The second-order valence-corrected chi connectivity index (χ2v) is 33.0. The molecule has 12 heteroatoms. The molecular weight excluding hydrogens is 1550 g/mol. The minimum Gasteiger partial charge on any atom is -0.309 e. The minimum absolute atomic E-state index is 0.559. The molecule has 0 spiro atoms. The van der Waals surface area contributed by atoms with Crippen molar-refractivity contribution in [2.24, 2.45) is 0 Å². The van der Waals surface area contributed by atoms with Gasteiger partial charge in [0.1, 0.15) is 0 Å². The van der Waals surface area contributed by atoms with Crippen molar-refractivity contribution in [3.05, 3.63) is 425 Å². The van der Waals surface area contributed by atoms with Gasteiger partial charge in [0.25, 0.3) is 0 Å². The topological polar surface area (TPSA) is 113 Å². The van der Waals surface area contributed by atoms with Gasteiger partial charge < -0.3 is 9.13 Å². The molecule has 0 aliphatic rings. The largest absolute Gasteiger partial charge is 0.309 e. The molecule has 10 nitrogen and oxygen atoms in total. The van der Waals surface area contributed by atoms with E-state index in [0.717, 1.165) is 112 Å².